The van der Waals surface area contributed by atoms with Crippen LogP contribution in [0.3, 0.4) is 0 Å². The number of nitrogen functional groups attached to an aromatic ring is 1. The quantitative estimate of drug-likeness (QED) is 0.792. The molecule has 0 aliphatic heterocycles. The Morgan fingerprint density at radius 2 is 2.10 bits per heavy atom. The number of aromatic nitrogens is 4. The summed E-state index contributed by atoms with van der Waals surface area (Å²) < 4.78 is 1.91. The van der Waals surface area contributed by atoms with E-state index in [0.29, 0.717) is 5.92 Å². The molecule has 2 rings (SSSR count). The number of aryl methyl sites for hydroxylation is 1. The number of nitrogens with two attached hydrogens (primary N) is 1. The summed E-state index contributed by atoms with van der Waals surface area (Å²) in [5.41, 5.74) is 8.90. The average molecular weight is 287 g/mol. The van der Waals surface area contributed by atoms with Crippen molar-refractivity contribution in [1.29, 1.82) is 0 Å². The van der Waals surface area contributed by atoms with E-state index in [1.807, 2.05) is 29.8 Å². The summed E-state index contributed by atoms with van der Waals surface area (Å²) in [6, 6.07) is 5.90. The van der Waals surface area contributed by atoms with Crippen LogP contribution in [-0.2, 0) is 6.54 Å². The molecule has 1 aromatic heterocycles. The Hall–Kier alpha value is -1.91. The maximum absolute atomic E-state index is 6.12. The van der Waals surface area contributed by atoms with Crippen LogP contribution >= 0.6 is 0 Å². The van der Waals surface area contributed by atoms with E-state index in [1.54, 1.807) is 0 Å². The SMILES string of the molecule is CCCCC(CC)Cn1nnnc1-c1c(C)cccc1N. The summed E-state index contributed by atoms with van der Waals surface area (Å²) >= 11 is 0. The Kier molecular flexibility index (Phi) is 5.31. The highest BCUT2D eigenvalue weighted by molar-refractivity contribution is 5.74. The summed E-state index contributed by atoms with van der Waals surface area (Å²) in [4.78, 5) is 0. The number of unbranched alkanes of at least 4 members (excludes halogenated alkanes) is 1. The van der Waals surface area contributed by atoms with Crippen molar-refractivity contribution >= 4 is 5.69 Å². The summed E-state index contributed by atoms with van der Waals surface area (Å²) in [6.07, 6.45) is 4.84. The Labute approximate surface area is 126 Å². The first-order valence-corrected chi connectivity index (χ1v) is 7.79. The van der Waals surface area contributed by atoms with Gasteiger partial charge in [0.2, 0.25) is 0 Å². The molecule has 5 nitrogen and oxygen atoms in total. The normalized spacial score (nSPS) is 12.5. The highest BCUT2D eigenvalue weighted by atomic mass is 15.5. The molecule has 0 aliphatic carbocycles. The number of hydrogen-bond donors (Lipinski definition) is 1. The molecule has 2 aromatic rings. The highest BCUT2D eigenvalue weighted by Crippen LogP contribution is 2.28. The van der Waals surface area contributed by atoms with Gasteiger partial charge >= 0.3 is 0 Å². The van der Waals surface area contributed by atoms with Crippen LogP contribution in [0.25, 0.3) is 11.4 Å². The van der Waals surface area contributed by atoms with E-state index in [9.17, 15) is 0 Å². The third-order valence-corrected chi connectivity index (χ3v) is 4.03. The second-order valence-electron chi connectivity index (χ2n) is 5.64. The van der Waals surface area contributed by atoms with Gasteiger partial charge in [0.25, 0.3) is 0 Å². The smallest absolute Gasteiger partial charge is 0.184 e. The van der Waals surface area contributed by atoms with Crippen LogP contribution in [0.4, 0.5) is 5.69 Å². The zero-order valence-corrected chi connectivity index (χ0v) is 13.2. The van der Waals surface area contributed by atoms with Gasteiger partial charge in [-0.05, 0) is 41.3 Å². The van der Waals surface area contributed by atoms with E-state index in [2.05, 4.69) is 29.4 Å². The van der Waals surface area contributed by atoms with E-state index >= 15 is 0 Å². The second kappa shape index (κ2) is 7.20. The van der Waals surface area contributed by atoms with Crippen LogP contribution in [0, 0.1) is 12.8 Å². The second-order valence-corrected chi connectivity index (χ2v) is 5.64. The Morgan fingerprint density at radius 1 is 1.29 bits per heavy atom. The van der Waals surface area contributed by atoms with Crippen LogP contribution in [-0.4, -0.2) is 20.2 Å². The molecule has 0 amide bonds. The number of benzene rings is 1. The molecule has 2 N–H and O–H groups in total. The monoisotopic (exact) mass is 287 g/mol. The first-order chi connectivity index (χ1) is 10.2. The fraction of sp³-hybridized carbons (Fsp3) is 0.562. The molecule has 1 atom stereocenters. The van der Waals surface area contributed by atoms with Gasteiger partial charge in [-0.15, -0.1) is 5.10 Å². The lowest BCUT2D eigenvalue weighted by molar-refractivity contribution is 0.370. The molecule has 1 heterocycles. The largest absolute Gasteiger partial charge is 0.398 e. The molecule has 1 unspecified atom stereocenters. The molecule has 0 spiro atoms. The van der Waals surface area contributed by atoms with Gasteiger partial charge in [0.1, 0.15) is 0 Å². The van der Waals surface area contributed by atoms with E-state index in [4.69, 9.17) is 5.73 Å². The third kappa shape index (κ3) is 3.60. The molecule has 0 saturated carbocycles. The molecule has 0 aliphatic rings. The van der Waals surface area contributed by atoms with Gasteiger partial charge < -0.3 is 5.73 Å². The van der Waals surface area contributed by atoms with Gasteiger partial charge in [-0.1, -0.05) is 45.2 Å². The van der Waals surface area contributed by atoms with Crippen LogP contribution in [0.1, 0.15) is 45.1 Å². The van der Waals surface area contributed by atoms with Gasteiger partial charge in [0, 0.05) is 17.8 Å². The van der Waals surface area contributed by atoms with E-state index < -0.39 is 0 Å². The van der Waals surface area contributed by atoms with Crippen molar-refractivity contribution in [1.82, 2.24) is 20.2 Å². The molecule has 114 valence electrons. The van der Waals surface area contributed by atoms with Gasteiger partial charge in [-0.2, -0.15) is 0 Å². The molecule has 0 fully saturated rings. The minimum atomic E-state index is 0.609. The first kappa shape index (κ1) is 15.5. The molecule has 0 bridgehead atoms. The van der Waals surface area contributed by atoms with Crippen LogP contribution in [0.15, 0.2) is 18.2 Å². The van der Waals surface area contributed by atoms with E-state index in [1.165, 1.54) is 19.3 Å². The van der Waals surface area contributed by atoms with Crippen molar-refractivity contribution in [3.63, 3.8) is 0 Å². The van der Waals surface area contributed by atoms with Crippen LogP contribution in [0.2, 0.25) is 0 Å². The van der Waals surface area contributed by atoms with E-state index in [-0.39, 0.29) is 0 Å². The van der Waals surface area contributed by atoms with Crippen molar-refractivity contribution < 1.29 is 0 Å². The lowest BCUT2D eigenvalue weighted by atomic mass is 9.99. The summed E-state index contributed by atoms with van der Waals surface area (Å²) in [5.74, 6) is 1.39. The zero-order chi connectivity index (χ0) is 15.2. The van der Waals surface area contributed by atoms with E-state index in [0.717, 1.165) is 35.6 Å². The predicted molar refractivity (Wildman–Crippen MR) is 85.7 cm³/mol. The van der Waals surface area contributed by atoms with Crippen LogP contribution in [0.5, 0.6) is 0 Å². The molecular weight excluding hydrogens is 262 g/mol. The van der Waals surface area contributed by atoms with Crippen molar-refractivity contribution in [3.05, 3.63) is 23.8 Å². The highest BCUT2D eigenvalue weighted by Gasteiger charge is 2.17. The Morgan fingerprint density at radius 3 is 2.76 bits per heavy atom. The average Bonchev–Trinajstić information content (AvgIpc) is 2.91. The van der Waals surface area contributed by atoms with Gasteiger partial charge in [0.05, 0.1) is 0 Å². The molecule has 1 aromatic carbocycles. The molecule has 0 saturated heterocycles. The third-order valence-electron chi connectivity index (χ3n) is 4.03. The summed E-state index contributed by atoms with van der Waals surface area (Å²) in [5, 5.41) is 12.2. The number of anilines is 1. The first-order valence-electron chi connectivity index (χ1n) is 7.79. The lowest BCUT2D eigenvalue weighted by Gasteiger charge is -2.16. The fourth-order valence-electron chi connectivity index (χ4n) is 2.66. The number of rotatable bonds is 7. The topological polar surface area (TPSA) is 69.6 Å². The summed E-state index contributed by atoms with van der Waals surface area (Å²) in [6.45, 7) is 7.35. The van der Waals surface area contributed by atoms with Gasteiger partial charge in [-0.3, -0.25) is 0 Å². The standard InChI is InChI=1S/C16H25N5/c1-4-6-9-13(5-2)11-21-16(18-19-20-21)15-12(3)8-7-10-14(15)17/h7-8,10,13H,4-6,9,11,17H2,1-3H3. The lowest BCUT2D eigenvalue weighted by Crippen LogP contribution is -2.13. The fourth-order valence-corrected chi connectivity index (χ4v) is 2.66. The van der Waals surface area contributed by atoms with Crippen molar-refractivity contribution in [2.45, 2.75) is 53.0 Å². The Bertz CT molecular complexity index is 556. The van der Waals surface area contributed by atoms with Gasteiger partial charge in [-0.25, -0.2) is 4.68 Å². The minimum absolute atomic E-state index is 0.609. The molecule has 0 radical (unpaired) electrons. The molecular formula is C16H25N5. The zero-order valence-electron chi connectivity index (χ0n) is 13.2. The maximum atomic E-state index is 6.12. The van der Waals surface area contributed by atoms with Crippen molar-refractivity contribution in [2.75, 3.05) is 5.73 Å². The predicted octanol–water partition coefficient (Wildman–Crippen LogP) is 3.45. The number of hydrogen-bond acceptors (Lipinski definition) is 4. The Balaban J connectivity index is 2.26. The van der Waals surface area contributed by atoms with Crippen LogP contribution < -0.4 is 5.73 Å². The van der Waals surface area contributed by atoms with Crippen molar-refractivity contribution in [3.8, 4) is 11.4 Å². The van der Waals surface area contributed by atoms with Gasteiger partial charge in [0.15, 0.2) is 5.82 Å². The maximum Gasteiger partial charge on any atom is 0.184 e. The molecule has 21 heavy (non-hydrogen) atoms. The molecule has 5 heteroatoms. The number of nitrogens with zero attached hydrogens (tertiary/aromatic N) is 4. The van der Waals surface area contributed by atoms with Crippen molar-refractivity contribution in [2.24, 2.45) is 5.92 Å². The summed E-state index contributed by atoms with van der Waals surface area (Å²) in [7, 11) is 0. The minimum Gasteiger partial charge on any atom is -0.398 e. The number of tetrazole rings is 1.